The second-order valence-electron chi connectivity index (χ2n) is 8.41. The number of rotatable bonds is 10. The molecule has 7 heteroatoms. The van der Waals surface area contributed by atoms with Gasteiger partial charge >= 0.3 is 0 Å². The van der Waals surface area contributed by atoms with Crippen LogP contribution in [0.1, 0.15) is 44.7 Å². The largest absolute Gasteiger partial charge is 0.330 e. The van der Waals surface area contributed by atoms with Crippen molar-refractivity contribution in [3.63, 3.8) is 0 Å². The Morgan fingerprint density at radius 2 is 1.42 bits per heavy atom. The van der Waals surface area contributed by atoms with Crippen LogP contribution in [0.15, 0.2) is 47.4 Å². The number of carbonyl (C=O) groups is 2. The number of carbonyl (C=O) groups excluding carboxylic acids is 2. The van der Waals surface area contributed by atoms with Crippen molar-refractivity contribution >= 4 is 35.0 Å². The lowest BCUT2D eigenvalue weighted by Crippen LogP contribution is -2.21. The van der Waals surface area contributed by atoms with Crippen molar-refractivity contribution in [3.05, 3.63) is 53.6 Å². The average Bonchev–Trinajstić information content (AvgIpc) is 2.70. The van der Waals surface area contributed by atoms with Crippen LogP contribution in [0.5, 0.6) is 0 Å². The van der Waals surface area contributed by atoms with E-state index in [1.807, 2.05) is 30.3 Å². The van der Waals surface area contributed by atoms with Crippen LogP contribution in [0.4, 0.5) is 11.4 Å². The van der Waals surface area contributed by atoms with Gasteiger partial charge in [-0.25, -0.2) is 0 Å². The number of hydrogen-bond acceptors (Lipinski definition) is 5. The maximum atomic E-state index is 12.4. The van der Waals surface area contributed by atoms with Crippen molar-refractivity contribution in [2.24, 2.45) is 11.5 Å². The van der Waals surface area contributed by atoms with Crippen molar-refractivity contribution in [2.75, 3.05) is 29.5 Å². The number of thioether (sulfide) groups is 1. The van der Waals surface area contributed by atoms with Crippen LogP contribution in [0.3, 0.4) is 0 Å². The Morgan fingerprint density at radius 3 is 1.87 bits per heavy atom. The quantitative estimate of drug-likeness (QED) is 0.417. The van der Waals surface area contributed by atoms with E-state index in [2.05, 4.69) is 43.5 Å². The number of benzene rings is 2. The van der Waals surface area contributed by atoms with Crippen LogP contribution in [0.25, 0.3) is 0 Å². The van der Waals surface area contributed by atoms with E-state index < -0.39 is 0 Å². The lowest BCUT2D eigenvalue weighted by atomic mass is 9.86. The van der Waals surface area contributed by atoms with E-state index in [1.54, 1.807) is 11.8 Å². The van der Waals surface area contributed by atoms with Crippen LogP contribution < -0.4 is 22.1 Å². The minimum atomic E-state index is -0.159. The Bertz CT molecular complexity index is 838. The first-order valence-corrected chi connectivity index (χ1v) is 11.6. The molecular formula is C24H34N4O2S. The molecule has 6 nitrogen and oxygen atoms in total. The smallest absolute Gasteiger partial charge is 0.225 e. The maximum absolute atomic E-state index is 12.4. The van der Waals surface area contributed by atoms with E-state index in [1.165, 1.54) is 5.56 Å². The minimum absolute atomic E-state index is 0.141. The highest BCUT2D eigenvalue weighted by Crippen LogP contribution is 2.39. The van der Waals surface area contributed by atoms with Gasteiger partial charge in [0.25, 0.3) is 0 Å². The first-order chi connectivity index (χ1) is 14.7. The molecule has 0 aromatic heterocycles. The molecule has 0 spiro atoms. The van der Waals surface area contributed by atoms with Crippen LogP contribution in [0.2, 0.25) is 0 Å². The van der Waals surface area contributed by atoms with E-state index in [4.69, 9.17) is 11.5 Å². The van der Waals surface area contributed by atoms with E-state index >= 15 is 0 Å². The van der Waals surface area contributed by atoms with E-state index in [0.29, 0.717) is 11.4 Å². The highest BCUT2D eigenvalue weighted by Gasteiger charge is 2.21. The van der Waals surface area contributed by atoms with E-state index in [0.717, 1.165) is 22.6 Å². The summed E-state index contributed by atoms with van der Waals surface area (Å²) >= 11 is 1.62. The fourth-order valence-electron chi connectivity index (χ4n) is 3.01. The number of aryl methyl sites for hydroxylation is 1. The molecule has 0 bridgehead atoms. The zero-order chi connectivity index (χ0) is 22.9. The molecule has 0 saturated heterocycles. The van der Waals surface area contributed by atoms with E-state index in [-0.39, 0.29) is 43.2 Å². The van der Waals surface area contributed by atoms with Gasteiger partial charge in [0.2, 0.25) is 11.8 Å². The van der Waals surface area contributed by atoms with Gasteiger partial charge in [-0.1, -0.05) is 51.1 Å². The predicted octanol–water partition coefficient (Wildman–Crippen LogP) is 3.89. The Kier molecular flexibility index (Phi) is 9.55. The molecule has 31 heavy (non-hydrogen) atoms. The molecule has 0 radical (unpaired) electrons. The fourth-order valence-corrected chi connectivity index (χ4v) is 4.08. The Hall–Kier alpha value is -2.35. The fraction of sp³-hybridized carbons (Fsp3) is 0.417. The standard InChI is InChI=1S/C24H34N4O2S/c1-24(2,3)18-15-19(27-21(29)9-12-25)23(20(16-18)28-22(30)10-13-26)31-14-11-17-7-5-4-6-8-17/h4-8,15-16H,9-14,25-26H2,1-3H3,(H,27,29)(H,28,30). The second kappa shape index (κ2) is 11.9. The summed E-state index contributed by atoms with van der Waals surface area (Å²) < 4.78 is 0. The average molecular weight is 443 g/mol. The third-order valence-electron chi connectivity index (χ3n) is 4.73. The number of amides is 2. The van der Waals surface area contributed by atoms with Crippen molar-refractivity contribution in [1.29, 1.82) is 0 Å². The lowest BCUT2D eigenvalue weighted by Gasteiger charge is -2.24. The third kappa shape index (κ3) is 8.01. The molecule has 2 amide bonds. The third-order valence-corrected chi connectivity index (χ3v) is 5.86. The highest BCUT2D eigenvalue weighted by molar-refractivity contribution is 7.99. The van der Waals surface area contributed by atoms with Gasteiger partial charge in [0.15, 0.2) is 0 Å². The van der Waals surface area contributed by atoms with Gasteiger partial charge in [-0.05, 0) is 35.1 Å². The molecule has 0 heterocycles. The maximum Gasteiger partial charge on any atom is 0.225 e. The van der Waals surface area contributed by atoms with Crippen LogP contribution in [-0.2, 0) is 21.4 Å². The minimum Gasteiger partial charge on any atom is -0.330 e. The Morgan fingerprint density at radius 1 is 0.903 bits per heavy atom. The van der Waals surface area contributed by atoms with E-state index in [9.17, 15) is 9.59 Å². The molecule has 0 saturated carbocycles. The highest BCUT2D eigenvalue weighted by atomic mass is 32.2. The summed E-state index contributed by atoms with van der Waals surface area (Å²) in [6.07, 6.45) is 1.35. The second-order valence-corrected chi connectivity index (χ2v) is 9.51. The first-order valence-electron chi connectivity index (χ1n) is 10.6. The number of hydrogen-bond donors (Lipinski definition) is 4. The molecule has 0 atom stereocenters. The van der Waals surface area contributed by atoms with Crippen molar-refractivity contribution in [3.8, 4) is 0 Å². The Balaban J connectivity index is 2.41. The first kappa shape index (κ1) is 24.9. The molecule has 2 rings (SSSR count). The normalized spacial score (nSPS) is 11.3. The summed E-state index contributed by atoms with van der Waals surface area (Å²) in [5.41, 5.74) is 14.6. The lowest BCUT2D eigenvalue weighted by molar-refractivity contribution is -0.116. The number of anilines is 2. The molecule has 0 fully saturated rings. The summed E-state index contributed by atoms with van der Waals surface area (Å²) in [4.78, 5) is 25.6. The molecule has 6 N–H and O–H groups in total. The summed E-state index contributed by atoms with van der Waals surface area (Å²) in [5.74, 6) is 0.522. The number of nitrogens with one attached hydrogen (secondary N) is 2. The summed E-state index contributed by atoms with van der Waals surface area (Å²) in [7, 11) is 0. The molecule has 0 aliphatic rings. The van der Waals surface area contributed by atoms with Gasteiger partial charge in [-0.15, -0.1) is 11.8 Å². The summed E-state index contributed by atoms with van der Waals surface area (Å²) in [6.45, 7) is 6.85. The SMILES string of the molecule is CC(C)(C)c1cc(NC(=O)CCN)c(SCCc2ccccc2)c(NC(=O)CCN)c1. The molecule has 0 aliphatic heterocycles. The topological polar surface area (TPSA) is 110 Å². The molecule has 2 aromatic rings. The van der Waals surface area contributed by atoms with Crippen molar-refractivity contribution in [1.82, 2.24) is 0 Å². The predicted molar refractivity (Wildman–Crippen MR) is 131 cm³/mol. The summed E-state index contributed by atoms with van der Waals surface area (Å²) in [6, 6.07) is 14.2. The number of nitrogens with two attached hydrogens (primary N) is 2. The van der Waals surface area contributed by atoms with Gasteiger partial charge in [0, 0.05) is 31.7 Å². The van der Waals surface area contributed by atoms with Gasteiger partial charge in [0.1, 0.15) is 0 Å². The van der Waals surface area contributed by atoms with Gasteiger partial charge in [-0.3, -0.25) is 9.59 Å². The molecule has 0 aliphatic carbocycles. The van der Waals surface area contributed by atoms with Crippen LogP contribution >= 0.6 is 11.8 Å². The van der Waals surface area contributed by atoms with Gasteiger partial charge in [-0.2, -0.15) is 0 Å². The zero-order valence-electron chi connectivity index (χ0n) is 18.7. The van der Waals surface area contributed by atoms with Crippen LogP contribution in [0, 0.1) is 0 Å². The molecule has 2 aromatic carbocycles. The Labute approximate surface area is 189 Å². The van der Waals surface area contributed by atoms with Gasteiger partial charge < -0.3 is 22.1 Å². The van der Waals surface area contributed by atoms with Crippen molar-refractivity contribution < 1.29 is 9.59 Å². The monoisotopic (exact) mass is 442 g/mol. The van der Waals surface area contributed by atoms with Crippen LogP contribution in [-0.4, -0.2) is 30.7 Å². The summed E-state index contributed by atoms with van der Waals surface area (Å²) in [5, 5.41) is 6.01. The zero-order valence-corrected chi connectivity index (χ0v) is 19.5. The van der Waals surface area contributed by atoms with Crippen molar-refractivity contribution in [2.45, 2.75) is 50.3 Å². The molecular weight excluding hydrogens is 408 g/mol. The molecule has 168 valence electrons. The molecule has 0 unspecified atom stereocenters. The van der Waals surface area contributed by atoms with Gasteiger partial charge in [0.05, 0.1) is 16.3 Å².